The third-order valence-corrected chi connectivity index (χ3v) is 6.91. The molecule has 0 atom stereocenters. The number of carbonyl (C=O) groups excluding carboxylic acids is 2. The number of hydrogen-bond acceptors (Lipinski definition) is 4. The first-order valence-electron chi connectivity index (χ1n) is 11.7. The van der Waals surface area contributed by atoms with Gasteiger partial charge in [0.25, 0.3) is 5.91 Å². The number of imidazole rings is 1. The number of piperidine rings is 1. The van der Waals surface area contributed by atoms with Crippen LogP contribution in [-0.4, -0.2) is 44.2 Å². The Morgan fingerprint density at radius 3 is 2.41 bits per heavy atom. The van der Waals surface area contributed by atoms with E-state index in [9.17, 15) is 9.59 Å². The van der Waals surface area contributed by atoms with Crippen LogP contribution < -0.4 is 0 Å². The van der Waals surface area contributed by atoms with Crippen LogP contribution in [0.5, 0.6) is 0 Å². The predicted molar refractivity (Wildman–Crippen MR) is 132 cm³/mol. The molecule has 0 bridgehead atoms. The fraction of sp³-hybridized carbons (Fsp3) is 0.286. The summed E-state index contributed by atoms with van der Waals surface area (Å²) in [6.45, 7) is 3.21. The van der Waals surface area contributed by atoms with Crippen LogP contribution in [0.1, 0.15) is 34.7 Å². The highest BCUT2D eigenvalue weighted by molar-refractivity contribution is 5.94. The highest BCUT2D eigenvalue weighted by atomic mass is 16.2. The van der Waals surface area contributed by atoms with Crippen LogP contribution in [0.4, 0.5) is 0 Å². The summed E-state index contributed by atoms with van der Waals surface area (Å²) in [5.74, 6) is 1.19. The average molecular weight is 453 g/mol. The number of likely N-dealkylation sites (tertiary alicyclic amines) is 1. The van der Waals surface area contributed by atoms with E-state index in [0.29, 0.717) is 37.9 Å². The van der Waals surface area contributed by atoms with Gasteiger partial charge in [-0.2, -0.15) is 0 Å². The van der Waals surface area contributed by atoms with Crippen molar-refractivity contribution in [2.24, 2.45) is 13.0 Å². The molecule has 0 unspecified atom stereocenters. The summed E-state index contributed by atoms with van der Waals surface area (Å²) in [4.78, 5) is 36.5. The Morgan fingerprint density at radius 1 is 0.941 bits per heavy atom. The van der Waals surface area contributed by atoms with E-state index in [4.69, 9.17) is 0 Å². The number of hydrogen-bond donors (Lipinski definition) is 0. The van der Waals surface area contributed by atoms with E-state index < -0.39 is 0 Å². The molecule has 0 saturated carbocycles. The van der Waals surface area contributed by atoms with Crippen molar-refractivity contribution >= 4 is 22.5 Å². The molecule has 2 aromatic heterocycles. The number of fused-ring (bicyclic) bond motifs is 1. The van der Waals surface area contributed by atoms with Crippen molar-refractivity contribution < 1.29 is 9.59 Å². The topological polar surface area (TPSA) is 68.1 Å². The van der Waals surface area contributed by atoms with Crippen LogP contribution >= 0.6 is 0 Å². The summed E-state index contributed by atoms with van der Waals surface area (Å²) >= 11 is 0. The molecule has 1 aliphatic heterocycles. The molecule has 4 aromatic rings. The number of Topliss-reactive ketones (excluding diaryl/α,β-unsaturated/α-hetero) is 1. The van der Waals surface area contributed by atoms with E-state index in [1.165, 1.54) is 0 Å². The molecule has 1 aliphatic rings. The number of pyridine rings is 1. The van der Waals surface area contributed by atoms with Gasteiger partial charge in [-0.15, -0.1) is 0 Å². The molecule has 172 valence electrons. The van der Waals surface area contributed by atoms with Crippen molar-refractivity contribution in [2.45, 2.75) is 26.2 Å². The Bertz CT molecular complexity index is 1350. The number of nitrogens with zero attached hydrogens (tertiary/aromatic N) is 4. The quantitative estimate of drug-likeness (QED) is 0.444. The van der Waals surface area contributed by atoms with Gasteiger partial charge in [0.05, 0.1) is 11.9 Å². The Morgan fingerprint density at radius 2 is 1.71 bits per heavy atom. The zero-order valence-electron chi connectivity index (χ0n) is 19.6. The Hall–Kier alpha value is -3.80. The summed E-state index contributed by atoms with van der Waals surface area (Å²) in [6.07, 6.45) is 5.46. The van der Waals surface area contributed by atoms with Crippen LogP contribution in [0.3, 0.4) is 0 Å². The third-order valence-electron chi connectivity index (χ3n) is 6.91. The molecule has 1 amide bonds. The van der Waals surface area contributed by atoms with Crippen molar-refractivity contribution in [2.75, 3.05) is 13.1 Å². The molecule has 5 rings (SSSR count). The number of amides is 1. The maximum Gasteiger partial charge on any atom is 0.253 e. The predicted octanol–water partition coefficient (Wildman–Crippen LogP) is 4.61. The summed E-state index contributed by atoms with van der Waals surface area (Å²) in [7, 11) is 2.01. The number of carbonyl (C=O) groups is 2. The van der Waals surface area contributed by atoms with Gasteiger partial charge in [0.15, 0.2) is 0 Å². The first-order valence-corrected chi connectivity index (χ1v) is 11.7. The molecule has 6 heteroatoms. The molecule has 2 aromatic carbocycles. The first-order chi connectivity index (χ1) is 16.5. The minimum absolute atomic E-state index is 0.0268. The molecule has 6 nitrogen and oxygen atoms in total. The Balaban J connectivity index is 1.25. The van der Waals surface area contributed by atoms with Gasteiger partial charge in [-0.1, -0.05) is 30.3 Å². The number of rotatable bonds is 5. The number of aryl methyl sites for hydroxylation is 1. The van der Waals surface area contributed by atoms with Gasteiger partial charge in [-0.25, -0.2) is 4.98 Å². The van der Waals surface area contributed by atoms with Gasteiger partial charge in [-0.3, -0.25) is 14.6 Å². The van der Waals surface area contributed by atoms with Crippen molar-refractivity contribution in [3.8, 4) is 11.3 Å². The first kappa shape index (κ1) is 22.0. The van der Waals surface area contributed by atoms with E-state index in [2.05, 4.69) is 32.7 Å². The molecule has 1 saturated heterocycles. The third kappa shape index (κ3) is 4.36. The highest BCUT2D eigenvalue weighted by Gasteiger charge is 2.28. The van der Waals surface area contributed by atoms with Crippen molar-refractivity contribution in [1.29, 1.82) is 0 Å². The minimum atomic E-state index is -0.0268. The summed E-state index contributed by atoms with van der Waals surface area (Å²) < 4.78 is 2.07. The van der Waals surface area contributed by atoms with Crippen LogP contribution in [0.25, 0.3) is 22.0 Å². The second-order valence-electron chi connectivity index (χ2n) is 9.06. The second-order valence-corrected chi connectivity index (χ2v) is 9.06. The van der Waals surface area contributed by atoms with Crippen LogP contribution in [0.2, 0.25) is 0 Å². The standard InChI is InChI=1S/C28H28N4O2/c1-19-29-18-26(31(19)2)22-8-9-23-17-30-25(15-24(23)14-22)16-27(33)20-10-12-32(13-11-20)28(34)21-6-4-3-5-7-21/h3-9,14-15,17-18,20H,10-13,16H2,1-2H3. The molecular formula is C28H28N4O2. The Kier molecular flexibility index (Phi) is 5.97. The largest absolute Gasteiger partial charge is 0.339 e. The van der Waals surface area contributed by atoms with Crippen LogP contribution in [-0.2, 0) is 18.3 Å². The molecule has 0 spiro atoms. The lowest BCUT2D eigenvalue weighted by molar-refractivity contribution is -0.123. The fourth-order valence-electron chi connectivity index (χ4n) is 4.70. The summed E-state index contributed by atoms with van der Waals surface area (Å²) in [6, 6.07) is 17.6. The lowest BCUT2D eigenvalue weighted by atomic mass is 9.89. The summed E-state index contributed by atoms with van der Waals surface area (Å²) in [5.41, 5.74) is 3.65. The molecule has 34 heavy (non-hydrogen) atoms. The van der Waals surface area contributed by atoms with Crippen molar-refractivity contribution in [3.05, 3.63) is 84.1 Å². The monoisotopic (exact) mass is 452 g/mol. The second kappa shape index (κ2) is 9.21. The van der Waals surface area contributed by atoms with Crippen molar-refractivity contribution in [3.63, 3.8) is 0 Å². The smallest absolute Gasteiger partial charge is 0.253 e. The van der Waals surface area contributed by atoms with Gasteiger partial charge in [0.2, 0.25) is 0 Å². The lowest BCUT2D eigenvalue weighted by Gasteiger charge is -2.31. The molecular weight excluding hydrogens is 424 g/mol. The molecule has 0 radical (unpaired) electrons. The SMILES string of the molecule is Cc1ncc(-c2ccc3cnc(CC(=O)C4CCN(C(=O)c5ccccc5)CC4)cc3c2)n1C. The van der Waals surface area contributed by atoms with E-state index in [1.807, 2.05) is 67.7 Å². The maximum atomic E-state index is 13.0. The summed E-state index contributed by atoms with van der Waals surface area (Å²) in [5, 5.41) is 2.11. The zero-order valence-corrected chi connectivity index (χ0v) is 19.6. The van der Waals surface area contributed by atoms with E-state index >= 15 is 0 Å². The lowest BCUT2D eigenvalue weighted by Crippen LogP contribution is -2.40. The van der Waals surface area contributed by atoms with Gasteiger partial charge in [0.1, 0.15) is 11.6 Å². The van der Waals surface area contributed by atoms with Crippen molar-refractivity contribution in [1.82, 2.24) is 19.4 Å². The number of benzene rings is 2. The number of ketones is 1. The van der Waals surface area contributed by atoms with Gasteiger partial charge in [0, 0.05) is 60.9 Å². The highest BCUT2D eigenvalue weighted by Crippen LogP contribution is 2.26. The Labute approximate surface area is 199 Å². The van der Waals surface area contributed by atoms with E-state index in [0.717, 1.165) is 33.5 Å². The van der Waals surface area contributed by atoms with Crippen LogP contribution in [0.15, 0.2) is 67.0 Å². The molecule has 3 heterocycles. The van der Waals surface area contributed by atoms with Gasteiger partial charge in [-0.05, 0) is 49.4 Å². The van der Waals surface area contributed by atoms with Gasteiger partial charge >= 0.3 is 0 Å². The molecule has 0 N–H and O–H groups in total. The van der Waals surface area contributed by atoms with E-state index in [-0.39, 0.29) is 17.6 Å². The van der Waals surface area contributed by atoms with Gasteiger partial charge < -0.3 is 9.47 Å². The maximum absolute atomic E-state index is 13.0. The van der Waals surface area contributed by atoms with E-state index in [1.54, 1.807) is 0 Å². The molecule has 1 fully saturated rings. The zero-order chi connectivity index (χ0) is 23.7. The fourth-order valence-corrected chi connectivity index (χ4v) is 4.70. The average Bonchev–Trinajstić information content (AvgIpc) is 3.21. The normalized spacial score (nSPS) is 14.5. The number of aromatic nitrogens is 3. The molecule has 0 aliphatic carbocycles. The minimum Gasteiger partial charge on any atom is -0.339 e. The van der Waals surface area contributed by atoms with Crippen LogP contribution in [0, 0.1) is 12.8 Å².